The zero-order valence-electron chi connectivity index (χ0n) is 17.8. The number of halogens is 2. The van der Waals surface area contributed by atoms with Crippen molar-refractivity contribution in [3.05, 3.63) is 68.6 Å². The molecule has 0 aliphatic heterocycles. The first-order valence-corrected chi connectivity index (χ1v) is 12.1. The van der Waals surface area contributed by atoms with Gasteiger partial charge in [0, 0.05) is 21.1 Å². The van der Waals surface area contributed by atoms with Crippen LogP contribution in [0.15, 0.2) is 57.5 Å². The Bertz CT molecular complexity index is 778. The summed E-state index contributed by atoms with van der Waals surface area (Å²) in [7, 11) is 0. The van der Waals surface area contributed by atoms with Gasteiger partial charge in [0.05, 0.1) is 11.5 Å². The molecule has 0 bridgehead atoms. The molecule has 0 spiro atoms. The fraction of sp³-hybridized carbons (Fsp3) is 0.480. The smallest absolute Gasteiger partial charge is 0.0867 e. The molecule has 29 heavy (non-hydrogen) atoms. The van der Waals surface area contributed by atoms with Crippen molar-refractivity contribution in [3.63, 3.8) is 0 Å². The van der Waals surface area contributed by atoms with E-state index in [1.54, 1.807) is 0 Å². The normalized spacial score (nSPS) is 13.4. The van der Waals surface area contributed by atoms with Crippen LogP contribution in [-0.2, 0) is 11.8 Å². The summed E-state index contributed by atoms with van der Waals surface area (Å²) in [5.74, 6) is 0.228. The van der Waals surface area contributed by atoms with E-state index in [0.717, 1.165) is 59.8 Å². The number of hydrogen-bond donors (Lipinski definition) is 0. The first kappa shape index (κ1) is 24.1. The summed E-state index contributed by atoms with van der Waals surface area (Å²) in [6, 6.07) is 19.5. The molecule has 156 valence electrons. The Labute approximate surface area is 193 Å². The maximum absolute atomic E-state index is 10.3. The highest BCUT2D eigenvalue weighted by Crippen LogP contribution is 2.43. The maximum atomic E-state index is 10.3. The monoisotopic (exact) mass is 518 g/mol. The summed E-state index contributed by atoms with van der Waals surface area (Å²) in [5, 5.41) is 10.3. The largest absolute Gasteiger partial charge is 0.303 e. The van der Waals surface area contributed by atoms with E-state index in [9.17, 15) is 5.26 Å². The number of benzene rings is 2. The second-order valence-electron chi connectivity index (χ2n) is 8.02. The topological polar surface area (TPSA) is 27.0 Å². The Balaban J connectivity index is 2.09. The van der Waals surface area contributed by atoms with Crippen LogP contribution in [-0.4, -0.2) is 24.5 Å². The van der Waals surface area contributed by atoms with Gasteiger partial charge in [-0.2, -0.15) is 5.26 Å². The Morgan fingerprint density at radius 3 is 2.17 bits per heavy atom. The molecule has 4 heteroatoms. The van der Waals surface area contributed by atoms with Crippen LogP contribution in [0.2, 0.25) is 0 Å². The van der Waals surface area contributed by atoms with Crippen LogP contribution in [0.4, 0.5) is 0 Å². The molecule has 0 aliphatic rings. The van der Waals surface area contributed by atoms with Gasteiger partial charge in [0.2, 0.25) is 0 Å². The highest BCUT2D eigenvalue weighted by molar-refractivity contribution is 9.11. The molecule has 1 atom stereocenters. The Kier molecular flexibility index (Phi) is 9.89. The van der Waals surface area contributed by atoms with Crippen molar-refractivity contribution in [1.82, 2.24) is 4.90 Å². The lowest BCUT2D eigenvalue weighted by Crippen LogP contribution is -2.34. The Morgan fingerprint density at radius 2 is 1.62 bits per heavy atom. The third kappa shape index (κ3) is 6.41. The number of nitrogens with zero attached hydrogens (tertiary/aromatic N) is 2. The third-order valence-electron chi connectivity index (χ3n) is 5.74. The fourth-order valence-corrected chi connectivity index (χ4v) is 5.74. The van der Waals surface area contributed by atoms with Crippen LogP contribution < -0.4 is 0 Å². The van der Waals surface area contributed by atoms with Crippen molar-refractivity contribution >= 4 is 31.9 Å². The summed E-state index contributed by atoms with van der Waals surface area (Å²) in [6.45, 7) is 9.76. The van der Waals surface area contributed by atoms with Crippen LogP contribution in [0.3, 0.4) is 0 Å². The molecule has 2 aromatic carbocycles. The van der Waals surface area contributed by atoms with Crippen molar-refractivity contribution in [3.8, 4) is 6.07 Å². The maximum Gasteiger partial charge on any atom is 0.0867 e. The molecule has 2 aromatic rings. The molecule has 2 rings (SSSR count). The lowest BCUT2D eigenvalue weighted by molar-refractivity contribution is 0.253. The van der Waals surface area contributed by atoms with E-state index in [1.807, 2.05) is 18.2 Å². The molecule has 0 saturated heterocycles. The third-order valence-corrected chi connectivity index (χ3v) is 7.06. The Morgan fingerprint density at radius 1 is 0.966 bits per heavy atom. The van der Waals surface area contributed by atoms with E-state index in [2.05, 4.69) is 93.9 Å². The van der Waals surface area contributed by atoms with Gasteiger partial charge in [0.25, 0.3) is 0 Å². The SMILES string of the molecule is CCCN(CCCC(C#N)(c1c(Br)cccc1Br)C(C)C)CCc1ccccc1. The number of rotatable bonds is 11. The van der Waals surface area contributed by atoms with Gasteiger partial charge in [-0.25, -0.2) is 0 Å². The van der Waals surface area contributed by atoms with Gasteiger partial charge in [-0.05, 0) is 62.4 Å². The summed E-state index contributed by atoms with van der Waals surface area (Å²) in [6.07, 6.45) is 4.09. The summed E-state index contributed by atoms with van der Waals surface area (Å²) in [4.78, 5) is 2.55. The molecule has 0 aliphatic carbocycles. The van der Waals surface area contributed by atoms with Gasteiger partial charge in [-0.1, -0.05) is 89.0 Å². The zero-order valence-corrected chi connectivity index (χ0v) is 21.0. The van der Waals surface area contributed by atoms with Crippen LogP contribution in [0, 0.1) is 17.2 Å². The lowest BCUT2D eigenvalue weighted by atomic mass is 9.70. The van der Waals surface area contributed by atoms with E-state index in [-0.39, 0.29) is 5.92 Å². The minimum absolute atomic E-state index is 0.228. The van der Waals surface area contributed by atoms with Crippen LogP contribution >= 0.6 is 31.9 Å². The molecule has 0 heterocycles. The lowest BCUT2D eigenvalue weighted by Gasteiger charge is -2.34. The van der Waals surface area contributed by atoms with Crippen molar-refractivity contribution in [2.24, 2.45) is 5.92 Å². The average Bonchev–Trinajstić information content (AvgIpc) is 2.71. The van der Waals surface area contributed by atoms with Gasteiger partial charge >= 0.3 is 0 Å². The predicted octanol–water partition coefficient (Wildman–Crippen LogP) is 7.36. The molecular formula is C25H32Br2N2. The van der Waals surface area contributed by atoms with Gasteiger partial charge in [-0.15, -0.1) is 0 Å². The summed E-state index contributed by atoms with van der Waals surface area (Å²) < 4.78 is 2.02. The average molecular weight is 520 g/mol. The molecule has 0 N–H and O–H groups in total. The first-order valence-electron chi connectivity index (χ1n) is 10.6. The molecule has 0 amide bonds. The van der Waals surface area contributed by atoms with Gasteiger partial charge in [-0.3, -0.25) is 0 Å². The standard InChI is InChI=1S/C25H32Br2N2/c1-4-16-29(18-14-21-10-6-5-7-11-21)17-9-15-25(19-28,20(2)3)24-22(26)12-8-13-23(24)27/h5-8,10-13,20H,4,9,14-18H2,1-3H3. The minimum atomic E-state index is -0.504. The molecule has 0 radical (unpaired) electrons. The molecular weight excluding hydrogens is 488 g/mol. The zero-order chi connectivity index (χ0) is 21.3. The molecule has 0 fully saturated rings. The van der Waals surface area contributed by atoms with E-state index in [4.69, 9.17) is 0 Å². The predicted molar refractivity (Wildman–Crippen MR) is 130 cm³/mol. The molecule has 0 saturated carbocycles. The van der Waals surface area contributed by atoms with E-state index >= 15 is 0 Å². The first-order chi connectivity index (χ1) is 13.9. The van der Waals surface area contributed by atoms with Crippen molar-refractivity contribution in [1.29, 1.82) is 5.26 Å². The van der Waals surface area contributed by atoms with Gasteiger partial charge in [0.1, 0.15) is 0 Å². The number of hydrogen-bond acceptors (Lipinski definition) is 2. The van der Waals surface area contributed by atoms with Crippen LogP contribution in [0.25, 0.3) is 0 Å². The van der Waals surface area contributed by atoms with Gasteiger partial charge in [0.15, 0.2) is 0 Å². The second-order valence-corrected chi connectivity index (χ2v) is 9.72. The van der Waals surface area contributed by atoms with E-state index < -0.39 is 5.41 Å². The highest BCUT2D eigenvalue weighted by Gasteiger charge is 2.38. The number of nitriles is 1. The quantitative estimate of drug-likeness (QED) is 0.310. The Hall–Kier alpha value is -1.15. The van der Waals surface area contributed by atoms with E-state index in [1.165, 1.54) is 5.56 Å². The van der Waals surface area contributed by atoms with Crippen LogP contribution in [0.1, 0.15) is 51.2 Å². The minimum Gasteiger partial charge on any atom is -0.303 e. The fourth-order valence-electron chi connectivity index (χ4n) is 4.03. The van der Waals surface area contributed by atoms with Crippen molar-refractivity contribution in [2.75, 3.05) is 19.6 Å². The summed E-state index contributed by atoms with van der Waals surface area (Å²) in [5.41, 5.74) is 1.97. The molecule has 0 aromatic heterocycles. The molecule has 1 unspecified atom stereocenters. The van der Waals surface area contributed by atoms with Gasteiger partial charge < -0.3 is 4.90 Å². The van der Waals surface area contributed by atoms with Crippen molar-refractivity contribution < 1.29 is 0 Å². The van der Waals surface area contributed by atoms with E-state index in [0.29, 0.717) is 0 Å². The van der Waals surface area contributed by atoms with Crippen LogP contribution in [0.5, 0.6) is 0 Å². The molecule has 2 nitrogen and oxygen atoms in total. The second kappa shape index (κ2) is 11.9. The highest BCUT2D eigenvalue weighted by atomic mass is 79.9. The summed E-state index contributed by atoms with van der Waals surface area (Å²) >= 11 is 7.39. The van der Waals surface area contributed by atoms with Crippen molar-refractivity contribution in [2.45, 2.75) is 51.9 Å².